The minimum absolute atomic E-state index is 0.106. The third-order valence-electron chi connectivity index (χ3n) is 1.71. The lowest BCUT2D eigenvalue weighted by molar-refractivity contribution is -0.119. The summed E-state index contributed by atoms with van der Waals surface area (Å²) in [6.07, 6.45) is 2.44. The Kier molecular flexibility index (Phi) is 9.30. The van der Waals surface area contributed by atoms with E-state index in [1.165, 1.54) is 11.8 Å². The Morgan fingerprint density at radius 1 is 1.13 bits per heavy atom. The van der Waals surface area contributed by atoms with Crippen molar-refractivity contribution in [1.29, 1.82) is 0 Å². The van der Waals surface area contributed by atoms with Gasteiger partial charge in [-0.05, 0) is 25.5 Å². The molecule has 0 amide bonds. The highest BCUT2D eigenvalue weighted by Gasteiger charge is 2.20. The van der Waals surface area contributed by atoms with E-state index >= 15 is 0 Å². The van der Waals surface area contributed by atoms with Gasteiger partial charge in [-0.2, -0.15) is 0 Å². The van der Waals surface area contributed by atoms with E-state index in [4.69, 9.17) is 0 Å². The topological polar surface area (TPSA) is 34.1 Å². The molecule has 0 aromatic heterocycles. The van der Waals surface area contributed by atoms with Gasteiger partial charge in [-0.15, -0.1) is 11.8 Å². The largest absolute Gasteiger partial charge is 0.300 e. The van der Waals surface area contributed by atoms with E-state index in [2.05, 4.69) is 13.8 Å². The number of thioether (sulfide) groups is 2. The Morgan fingerprint density at radius 2 is 1.73 bits per heavy atom. The number of rotatable bonds is 8. The summed E-state index contributed by atoms with van der Waals surface area (Å²) in [6, 6.07) is 0. The van der Waals surface area contributed by atoms with Crippen molar-refractivity contribution in [2.24, 2.45) is 0 Å². The quantitative estimate of drug-likeness (QED) is 0.661. The summed E-state index contributed by atoms with van der Waals surface area (Å²) < 4.78 is 0. The lowest BCUT2D eigenvalue weighted by atomic mass is 10.2. The van der Waals surface area contributed by atoms with Gasteiger partial charge in [-0.3, -0.25) is 9.59 Å². The van der Waals surface area contributed by atoms with Gasteiger partial charge in [0.15, 0.2) is 0 Å². The molecular weight excluding hydrogens is 228 g/mol. The number of hydrogen-bond acceptors (Lipinski definition) is 4. The first-order valence-corrected chi connectivity index (χ1v) is 7.42. The molecule has 4 heteroatoms. The van der Waals surface area contributed by atoms with Crippen molar-refractivity contribution in [3.05, 3.63) is 0 Å². The highest BCUT2D eigenvalue weighted by atomic mass is 32.2. The van der Waals surface area contributed by atoms with Crippen molar-refractivity contribution >= 4 is 34.4 Å². The van der Waals surface area contributed by atoms with E-state index in [0.29, 0.717) is 6.42 Å². The zero-order chi connectivity index (χ0) is 11.7. The van der Waals surface area contributed by atoms with Crippen LogP contribution in [0.1, 0.15) is 40.0 Å². The number of carbonyl (C=O) groups excluding carboxylic acids is 2. The molecule has 0 saturated carbocycles. The standard InChI is InChI=1S/C11H20O2S2/c1-4-6-14-10(8-9(3)12)11(13)15-7-5-2/h10H,4-8H2,1-3H3. The van der Waals surface area contributed by atoms with Crippen LogP contribution in [0.5, 0.6) is 0 Å². The van der Waals surface area contributed by atoms with E-state index < -0.39 is 0 Å². The van der Waals surface area contributed by atoms with Crippen molar-refractivity contribution in [3.8, 4) is 0 Å². The molecule has 0 aliphatic rings. The molecule has 0 saturated heterocycles. The van der Waals surface area contributed by atoms with Gasteiger partial charge >= 0.3 is 0 Å². The van der Waals surface area contributed by atoms with Crippen LogP contribution in [0.15, 0.2) is 0 Å². The zero-order valence-corrected chi connectivity index (χ0v) is 11.4. The normalized spacial score (nSPS) is 12.5. The van der Waals surface area contributed by atoms with Crippen LogP contribution in [0.4, 0.5) is 0 Å². The molecule has 0 aliphatic heterocycles. The van der Waals surface area contributed by atoms with Crippen LogP contribution in [0.25, 0.3) is 0 Å². The molecule has 0 aromatic carbocycles. The highest BCUT2D eigenvalue weighted by molar-refractivity contribution is 8.16. The van der Waals surface area contributed by atoms with Crippen molar-refractivity contribution in [1.82, 2.24) is 0 Å². The maximum Gasteiger partial charge on any atom is 0.202 e. The molecule has 0 aliphatic carbocycles. The second-order valence-electron chi connectivity index (χ2n) is 3.43. The van der Waals surface area contributed by atoms with E-state index in [9.17, 15) is 9.59 Å². The minimum Gasteiger partial charge on any atom is -0.300 e. The van der Waals surface area contributed by atoms with Gasteiger partial charge < -0.3 is 0 Å². The van der Waals surface area contributed by atoms with Crippen molar-refractivity contribution in [3.63, 3.8) is 0 Å². The Balaban J connectivity index is 4.07. The van der Waals surface area contributed by atoms with Crippen LogP contribution < -0.4 is 0 Å². The molecule has 15 heavy (non-hydrogen) atoms. The second kappa shape index (κ2) is 9.28. The highest BCUT2D eigenvalue weighted by Crippen LogP contribution is 2.22. The van der Waals surface area contributed by atoms with Gasteiger partial charge in [0.2, 0.25) is 5.12 Å². The van der Waals surface area contributed by atoms with Crippen LogP contribution in [0.2, 0.25) is 0 Å². The van der Waals surface area contributed by atoms with Crippen LogP contribution in [-0.2, 0) is 9.59 Å². The summed E-state index contributed by atoms with van der Waals surface area (Å²) in [7, 11) is 0. The molecule has 0 N–H and O–H groups in total. The molecule has 0 aromatic rings. The molecule has 0 rings (SSSR count). The third-order valence-corrected chi connectivity index (χ3v) is 4.47. The zero-order valence-electron chi connectivity index (χ0n) is 9.75. The summed E-state index contributed by atoms with van der Waals surface area (Å²) in [5, 5.41) is 0.0458. The summed E-state index contributed by atoms with van der Waals surface area (Å²) >= 11 is 2.98. The van der Waals surface area contributed by atoms with Gasteiger partial charge in [0, 0.05) is 12.2 Å². The van der Waals surface area contributed by atoms with Crippen molar-refractivity contribution < 1.29 is 9.59 Å². The Bertz CT molecular complexity index is 205. The van der Waals surface area contributed by atoms with Gasteiger partial charge in [-0.1, -0.05) is 25.6 Å². The molecule has 0 radical (unpaired) electrons. The Hall–Kier alpha value is 0.0400. The van der Waals surface area contributed by atoms with Crippen LogP contribution in [-0.4, -0.2) is 27.7 Å². The first-order valence-electron chi connectivity index (χ1n) is 5.39. The second-order valence-corrected chi connectivity index (χ2v) is 5.84. The molecule has 2 nitrogen and oxygen atoms in total. The molecule has 0 fully saturated rings. The molecule has 88 valence electrons. The average Bonchev–Trinajstić information content (AvgIpc) is 2.20. The van der Waals surface area contributed by atoms with Crippen LogP contribution >= 0.6 is 23.5 Å². The fourth-order valence-electron chi connectivity index (χ4n) is 1.03. The van der Waals surface area contributed by atoms with Crippen LogP contribution in [0, 0.1) is 0 Å². The Labute approximate surface area is 101 Å². The summed E-state index contributed by atoms with van der Waals surface area (Å²) in [5.74, 6) is 1.92. The predicted octanol–water partition coefficient (Wildman–Crippen LogP) is 3.15. The molecular formula is C11H20O2S2. The lowest BCUT2D eigenvalue weighted by Gasteiger charge is -2.12. The summed E-state index contributed by atoms with van der Waals surface area (Å²) in [4.78, 5) is 22.8. The lowest BCUT2D eigenvalue weighted by Crippen LogP contribution is -2.18. The van der Waals surface area contributed by atoms with Gasteiger partial charge in [0.25, 0.3) is 0 Å². The first kappa shape index (κ1) is 15.0. The number of hydrogen-bond donors (Lipinski definition) is 0. The van der Waals surface area contributed by atoms with Crippen molar-refractivity contribution in [2.45, 2.75) is 45.3 Å². The minimum atomic E-state index is -0.126. The molecule has 1 atom stereocenters. The smallest absolute Gasteiger partial charge is 0.202 e. The predicted molar refractivity (Wildman–Crippen MR) is 69.6 cm³/mol. The van der Waals surface area contributed by atoms with Gasteiger partial charge in [-0.25, -0.2) is 0 Å². The first-order chi connectivity index (χ1) is 7.11. The van der Waals surface area contributed by atoms with Gasteiger partial charge in [0.05, 0.1) is 5.25 Å². The van der Waals surface area contributed by atoms with E-state index in [1.807, 2.05) is 0 Å². The average molecular weight is 248 g/mol. The molecule has 0 bridgehead atoms. The SMILES string of the molecule is CCCSC(=O)C(CC(C)=O)SCCC. The fourth-order valence-corrected chi connectivity index (χ4v) is 3.12. The molecule has 0 heterocycles. The van der Waals surface area contributed by atoms with Gasteiger partial charge in [0.1, 0.15) is 5.78 Å². The number of Topliss-reactive ketones (excluding diaryl/α,β-unsaturated/α-hetero) is 1. The van der Waals surface area contributed by atoms with E-state index in [0.717, 1.165) is 24.3 Å². The fraction of sp³-hybridized carbons (Fsp3) is 0.818. The Morgan fingerprint density at radius 3 is 2.20 bits per heavy atom. The molecule has 0 spiro atoms. The maximum atomic E-state index is 11.7. The van der Waals surface area contributed by atoms with E-state index in [-0.39, 0.29) is 16.1 Å². The van der Waals surface area contributed by atoms with E-state index in [1.54, 1.807) is 18.7 Å². The maximum absolute atomic E-state index is 11.7. The number of ketones is 1. The van der Waals surface area contributed by atoms with Crippen molar-refractivity contribution in [2.75, 3.05) is 11.5 Å². The third kappa shape index (κ3) is 7.91. The number of carbonyl (C=O) groups is 2. The molecule has 1 unspecified atom stereocenters. The summed E-state index contributed by atoms with van der Waals surface area (Å²) in [6.45, 7) is 5.69. The van der Waals surface area contributed by atoms with Crippen LogP contribution in [0.3, 0.4) is 0 Å². The summed E-state index contributed by atoms with van der Waals surface area (Å²) in [5.41, 5.74) is 0. The monoisotopic (exact) mass is 248 g/mol.